The number of thiazole rings is 1. The predicted octanol–water partition coefficient (Wildman–Crippen LogP) is 6.31. The van der Waals surface area contributed by atoms with E-state index in [9.17, 15) is 0 Å². The summed E-state index contributed by atoms with van der Waals surface area (Å²) in [7, 11) is 0. The number of aromatic nitrogens is 1. The summed E-state index contributed by atoms with van der Waals surface area (Å²) >= 11 is 1.81. The second-order valence-electron chi connectivity index (χ2n) is 9.84. The molecule has 1 aromatic heterocycles. The van der Waals surface area contributed by atoms with Crippen molar-refractivity contribution in [2.75, 3.05) is 19.8 Å². The summed E-state index contributed by atoms with van der Waals surface area (Å²) in [5.41, 5.74) is 8.51. The van der Waals surface area contributed by atoms with Crippen molar-refractivity contribution in [3.8, 4) is 22.8 Å². The number of hydrogen-bond acceptors (Lipinski definition) is 7. The first-order chi connectivity index (χ1) is 18.6. The summed E-state index contributed by atoms with van der Waals surface area (Å²) in [5.74, 6) is 1.75. The maximum atomic E-state index is 8.72. The highest BCUT2D eigenvalue weighted by molar-refractivity contribution is 7.12. The van der Waals surface area contributed by atoms with Crippen LogP contribution >= 0.6 is 11.3 Å². The maximum Gasteiger partial charge on any atom is 0.170 e. The molecule has 7 nitrogen and oxygen atoms in total. The SMILES string of the molecule is Cc1nc(-c2ccc(OCCCCCOc3ccc(/C(N)=N/O)cc3)cc2)c(CCNC2CCCCC2)s1. The van der Waals surface area contributed by atoms with Crippen LogP contribution in [-0.4, -0.2) is 41.8 Å². The zero-order chi connectivity index (χ0) is 26.6. The van der Waals surface area contributed by atoms with Crippen molar-refractivity contribution in [2.45, 2.75) is 70.8 Å². The first-order valence-electron chi connectivity index (χ1n) is 13.8. The van der Waals surface area contributed by atoms with Crippen LogP contribution in [0.3, 0.4) is 0 Å². The molecule has 4 N–H and O–H groups in total. The summed E-state index contributed by atoms with van der Waals surface area (Å²) in [6.07, 6.45) is 10.7. The van der Waals surface area contributed by atoms with Gasteiger partial charge in [-0.3, -0.25) is 0 Å². The Balaban J connectivity index is 1.14. The molecule has 1 heterocycles. The van der Waals surface area contributed by atoms with Crippen LogP contribution in [0.5, 0.6) is 11.5 Å². The lowest BCUT2D eigenvalue weighted by Gasteiger charge is -2.22. The van der Waals surface area contributed by atoms with Gasteiger partial charge >= 0.3 is 0 Å². The molecule has 0 radical (unpaired) electrons. The van der Waals surface area contributed by atoms with Crippen LogP contribution in [0.2, 0.25) is 0 Å². The van der Waals surface area contributed by atoms with E-state index in [1.54, 1.807) is 12.1 Å². The van der Waals surface area contributed by atoms with Crippen molar-refractivity contribution in [3.63, 3.8) is 0 Å². The van der Waals surface area contributed by atoms with Gasteiger partial charge < -0.3 is 25.7 Å². The number of ether oxygens (including phenoxy) is 2. The lowest BCUT2D eigenvalue weighted by molar-refractivity contribution is 0.279. The van der Waals surface area contributed by atoms with E-state index in [0.29, 0.717) is 24.8 Å². The van der Waals surface area contributed by atoms with Crippen LogP contribution in [0.4, 0.5) is 0 Å². The highest BCUT2D eigenvalue weighted by atomic mass is 32.1. The molecule has 0 unspecified atom stereocenters. The lowest BCUT2D eigenvalue weighted by atomic mass is 9.95. The van der Waals surface area contributed by atoms with Gasteiger partial charge in [-0.15, -0.1) is 11.3 Å². The van der Waals surface area contributed by atoms with Gasteiger partial charge in [0.2, 0.25) is 0 Å². The lowest BCUT2D eigenvalue weighted by Crippen LogP contribution is -2.32. The fourth-order valence-electron chi connectivity index (χ4n) is 4.81. The van der Waals surface area contributed by atoms with Gasteiger partial charge in [0.25, 0.3) is 0 Å². The summed E-state index contributed by atoms with van der Waals surface area (Å²) in [4.78, 5) is 6.20. The van der Waals surface area contributed by atoms with Crippen LogP contribution in [0.15, 0.2) is 53.7 Å². The third-order valence-electron chi connectivity index (χ3n) is 6.91. The minimum atomic E-state index is 0.0896. The van der Waals surface area contributed by atoms with Gasteiger partial charge in [-0.25, -0.2) is 4.98 Å². The zero-order valence-electron chi connectivity index (χ0n) is 22.3. The molecule has 3 aromatic rings. The molecule has 0 bridgehead atoms. The van der Waals surface area contributed by atoms with Gasteiger partial charge in [0, 0.05) is 28.6 Å². The molecule has 8 heteroatoms. The van der Waals surface area contributed by atoms with Crippen molar-refractivity contribution >= 4 is 17.2 Å². The quantitative estimate of drug-likeness (QED) is 0.0734. The smallest absolute Gasteiger partial charge is 0.170 e. The Morgan fingerprint density at radius 3 is 2.24 bits per heavy atom. The molecular formula is C30H40N4O3S. The molecule has 0 amide bonds. The van der Waals surface area contributed by atoms with Gasteiger partial charge in [-0.1, -0.05) is 24.4 Å². The third kappa shape index (κ3) is 8.46. The van der Waals surface area contributed by atoms with E-state index in [4.69, 9.17) is 25.4 Å². The van der Waals surface area contributed by atoms with E-state index in [1.165, 1.54) is 37.0 Å². The number of amidine groups is 1. The Kier molecular flexibility index (Phi) is 10.8. The molecular weight excluding hydrogens is 496 g/mol. The van der Waals surface area contributed by atoms with E-state index in [-0.39, 0.29) is 5.84 Å². The van der Waals surface area contributed by atoms with E-state index in [1.807, 2.05) is 23.5 Å². The third-order valence-corrected chi connectivity index (χ3v) is 7.94. The van der Waals surface area contributed by atoms with E-state index >= 15 is 0 Å². The highest BCUT2D eigenvalue weighted by Gasteiger charge is 2.15. The van der Waals surface area contributed by atoms with Gasteiger partial charge in [-0.2, -0.15) is 0 Å². The summed E-state index contributed by atoms with van der Waals surface area (Å²) in [5, 5.41) is 16.6. The molecule has 4 rings (SSSR count). The van der Waals surface area contributed by atoms with Crippen molar-refractivity contribution in [1.29, 1.82) is 0 Å². The molecule has 2 aromatic carbocycles. The van der Waals surface area contributed by atoms with Gasteiger partial charge in [-0.05, 0) is 94.0 Å². The fourth-order valence-corrected chi connectivity index (χ4v) is 5.77. The van der Waals surface area contributed by atoms with Crippen LogP contribution in [0.25, 0.3) is 11.3 Å². The van der Waals surface area contributed by atoms with Crippen molar-refractivity contribution in [3.05, 3.63) is 64.0 Å². The largest absolute Gasteiger partial charge is 0.494 e. The number of benzene rings is 2. The van der Waals surface area contributed by atoms with Crippen LogP contribution in [-0.2, 0) is 6.42 Å². The Hall–Kier alpha value is -3.10. The number of unbranched alkanes of at least 4 members (excludes halogenated alkanes) is 2. The first-order valence-corrected chi connectivity index (χ1v) is 14.6. The Bertz CT molecular complexity index is 1140. The highest BCUT2D eigenvalue weighted by Crippen LogP contribution is 2.30. The van der Waals surface area contributed by atoms with Crippen molar-refractivity contribution in [1.82, 2.24) is 10.3 Å². The number of nitrogens with two attached hydrogens (primary N) is 1. The van der Waals surface area contributed by atoms with Gasteiger partial charge in [0.15, 0.2) is 5.84 Å². The average Bonchev–Trinajstić information content (AvgIpc) is 3.33. The number of aryl methyl sites for hydroxylation is 1. The Labute approximate surface area is 230 Å². The second-order valence-corrected chi connectivity index (χ2v) is 11.1. The van der Waals surface area contributed by atoms with Crippen LogP contribution in [0, 0.1) is 6.92 Å². The van der Waals surface area contributed by atoms with Crippen LogP contribution < -0.4 is 20.5 Å². The van der Waals surface area contributed by atoms with E-state index in [0.717, 1.165) is 60.0 Å². The molecule has 1 saturated carbocycles. The topological polar surface area (TPSA) is 102 Å². The van der Waals surface area contributed by atoms with Gasteiger partial charge in [0.1, 0.15) is 11.5 Å². The number of nitrogens with one attached hydrogen (secondary N) is 1. The molecule has 0 aliphatic heterocycles. The van der Waals surface area contributed by atoms with E-state index < -0.39 is 0 Å². The predicted molar refractivity (Wildman–Crippen MR) is 155 cm³/mol. The molecule has 1 aliphatic carbocycles. The van der Waals surface area contributed by atoms with Crippen molar-refractivity contribution < 1.29 is 14.7 Å². The van der Waals surface area contributed by atoms with Crippen LogP contribution in [0.1, 0.15) is 66.8 Å². The molecule has 0 saturated heterocycles. The number of nitrogens with zero attached hydrogens (tertiary/aromatic N) is 2. The minimum Gasteiger partial charge on any atom is -0.494 e. The minimum absolute atomic E-state index is 0.0896. The molecule has 1 fully saturated rings. The molecule has 0 atom stereocenters. The number of rotatable bonds is 14. The van der Waals surface area contributed by atoms with Gasteiger partial charge in [0.05, 0.1) is 23.9 Å². The monoisotopic (exact) mass is 536 g/mol. The normalized spacial score (nSPS) is 14.5. The first kappa shape index (κ1) is 27.9. The summed E-state index contributed by atoms with van der Waals surface area (Å²) in [6.45, 7) is 4.44. The molecule has 204 valence electrons. The summed E-state index contributed by atoms with van der Waals surface area (Å²) < 4.78 is 11.7. The Morgan fingerprint density at radius 1 is 0.974 bits per heavy atom. The van der Waals surface area contributed by atoms with Crippen molar-refractivity contribution in [2.24, 2.45) is 10.9 Å². The Morgan fingerprint density at radius 2 is 1.61 bits per heavy atom. The maximum absolute atomic E-state index is 8.72. The molecule has 1 aliphatic rings. The molecule has 0 spiro atoms. The number of hydrogen-bond donors (Lipinski definition) is 3. The number of oxime groups is 1. The standard InChI is InChI=1S/C30H40N4O3S/c1-22-33-29(28(38-22)18-19-32-25-8-4-2-5-9-25)23-10-14-26(15-11-23)36-20-6-3-7-21-37-27-16-12-24(13-17-27)30(31)34-35/h10-17,25,32,35H,2-9,18-21H2,1H3,(H2,31,34). The fraction of sp³-hybridized carbons (Fsp3) is 0.467. The van der Waals surface area contributed by atoms with E-state index in [2.05, 4.69) is 41.7 Å². The summed E-state index contributed by atoms with van der Waals surface area (Å²) in [6, 6.07) is 16.2. The molecule has 38 heavy (non-hydrogen) atoms. The average molecular weight is 537 g/mol. The zero-order valence-corrected chi connectivity index (χ0v) is 23.1. The second kappa shape index (κ2) is 14.7.